The van der Waals surface area contributed by atoms with Gasteiger partial charge < -0.3 is 13.7 Å². The lowest BCUT2D eigenvalue weighted by Crippen LogP contribution is -2.43. The molecule has 0 saturated heterocycles. The molecule has 10 aromatic rings. The van der Waals surface area contributed by atoms with Crippen molar-refractivity contribution >= 4 is 61.4 Å². The molecule has 2 atom stereocenters. The number of nitrogens with zero attached hydrogens (tertiary/aromatic N) is 2. The fourth-order valence-corrected chi connectivity index (χ4v) is 13.8. The number of fused-ring (bicyclic) bond motifs is 12. The summed E-state index contributed by atoms with van der Waals surface area (Å²) in [5.41, 5.74) is 12.7. The summed E-state index contributed by atoms with van der Waals surface area (Å²) in [5, 5.41) is 7.51. The summed E-state index contributed by atoms with van der Waals surface area (Å²) in [7, 11) is -3.35. The van der Waals surface area contributed by atoms with Gasteiger partial charge in [0.1, 0.15) is 0 Å². The maximum Gasteiger partial charge on any atom is 0.167 e. The number of para-hydroxylation sites is 5. The highest BCUT2D eigenvalue weighted by Crippen LogP contribution is 2.66. The summed E-state index contributed by atoms with van der Waals surface area (Å²) in [4.78, 5) is 0. The van der Waals surface area contributed by atoms with E-state index in [0.29, 0.717) is 0 Å². The third-order valence-corrected chi connectivity index (χ3v) is 16.5. The fourth-order valence-electron chi connectivity index (χ4n) is 10.7. The molecule has 0 saturated carbocycles. The predicted molar refractivity (Wildman–Crippen MR) is 252 cm³/mol. The molecule has 2 aromatic heterocycles. The van der Waals surface area contributed by atoms with E-state index in [1.165, 1.54) is 49.2 Å². The van der Waals surface area contributed by atoms with Crippen LogP contribution in [0.5, 0.6) is 0 Å². The van der Waals surface area contributed by atoms with Crippen molar-refractivity contribution in [3.8, 4) is 22.5 Å². The van der Waals surface area contributed by atoms with Crippen molar-refractivity contribution in [1.29, 1.82) is 0 Å². The van der Waals surface area contributed by atoms with Gasteiger partial charge >= 0.3 is 0 Å². The van der Waals surface area contributed by atoms with Crippen LogP contribution >= 0.6 is 7.14 Å². The molecule has 4 heterocycles. The van der Waals surface area contributed by atoms with Gasteiger partial charge in [0.05, 0.1) is 33.2 Å². The molecule has 0 radical (unpaired) electrons. The second-order valence-corrected chi connectivity index (χ2v) is 18.9. The Bertz CT molecular complexity index is 3490. The van der Waals surface area contributed by atoms with Crippen LogP contribution in [0.4, 0.5) is 0 Å². The Morgan fingerprint density at radius 2 is 1.10 bits per heavy atom. The van der Waals surface area contributed by atoms with Crippen LogP contribution in [0.25, 0.3) is 66.1 Å². The maximum atomic E-state index is 16.4. The molecule has 0 N–H and O–H groups in total. The van der Waals surface area contributed by atoms with Gasteiger partial charge in [0.2, 0.25) is 0 Å². The average molecular weight is 787 g/mol. The van der Waals surface area contributed by atoms with E-state index in [9.17, 15) is 0 Å². The number of benzene rings is 8. The summed E-state index contributed by atoms with van der Waals surface area (Å²) < 4.78 is 21.3. The van der Waals surface area contributed by atoms with E-state index in [0.717, 1.165) is 55.1 Å². The van der Waals surface area contributed by atoms with Gasteiger partial charge in [-0.15, -0.1) is 0 Å². The van der Waals surface area contributed by atoms with Gasteiger partial charge in [0, 0.05) is 37.8 Å². The van der Waals surface area contributed by atoms with Gasteiger partial charge in [0.25, 0.3) is 0 Å². The molecule has 0 aliphatic carbocycles. The smallest absolute Gasteiger partial charge is 0.167 e. The Morgan fingerprint density at radius 3 is 1.80 bits per heavy atom. The first-order valence-electron chi connectivity index (χ1n) is 20.6. The van der Waals surface area contributed by atoms with Gasteiger partial charge in [-0.1, -0.05) is 164 Å². The minimum atomic E-state index is -3.35. The van der Waals surface area contributed by atoms with Gasteiger partial charge in [0.15, 0.2) is 7.14 Å². The lowest BCUT2D eigenvalue weighted by molar-refractivity contribution is 0.587. The molecule has 12 rings (SSSR count). The van der Waals surface area contributed by atoms with E-state index < -0.39 is 12.6 Å². The Kier molecular flexibility index (Phi) is 7.49. The molecule has 4 heteroatoms. The van der Waals surface area contributed by atoms with Crippen molar-refractivity contribution in [2.45, 2.75) is 12.3 Å². The van der Waals surface area contributed by atoms with Crippen molar-refractivity contribution in [2.24, 2.45) is 0 Å². The van der Waals surface area contributed by atoms with E-state index in [-0.39, 0.29) is 0 Å². The predicted octanol–water partition coefficient (Wildman–Crippen LogP) is 13.5. The third-order valence-electron chi connectivity index (χ3n) is 13.2. The van der Waals surface area contributed by atoms with E-state index >= 15 is 4.57 Å². The summed E-state index contributed by atoms with van der Waals surface area (Å²) in [5.74, 6) is 0. The van der Waals surface area contributed by atoms with Crippen molar-refractivity contribution in [3.63, 3.8) is 0 Å². The van der Waals surface area contributed by atoms with E-state index in [2.05, 4.69) is 186 Å². The molecule has 284 valence electrons. The van der Waals surface area contributed by atoms with E-state index in [1.54, 1.807) is 0 Å². The number of hydrogen-bond donors (Lipinski definition) is 0. The molecule has 2 aliphatic rings. The zero-order chi connectivity index (χ0) is 40.2. The number of rotatable bonds is 5. The molecular weight excluding hydrogens is 748 g/mol. The Morgan fingerprint density at radius 1 is 0.533 bits per heavy atom. The zero-order valence-electron chi connectivity index (χ0n) is 33.1. The third kappa shape index (κ3) is 4.48. The molecule has 1 spiro atoms. The van der Waals surface area contributed by atoms with E-state index in [4.69, 9.17) is 0 Å². The van der Waals surface area contributed by atoms with Crippen LogP contribution in [0.2, 0.25) is 0 Å². The molecule has 8 aromatic carbocycles. The van der Waals surface area contributed by atoms with Gasteiger partial charge in [-0.2, -0.15) is 0 Å². The van der Waals surface area contributed by atoms with Crippen LogP contribution in [-0.2, 0) is 9.98 Å². The lowest BCUT2D eigenvalue weighted by atomic mass is 9.62. The Labute approximate surface area is 348 Å². The van der Waals surface area contributed by atoms with Crippen LogP contribution in [0.1, 0.15) is 23.6 Å². The summed E-state index contributed by atoms with van der Waals surface area (Å²) in [6.45, 7) is 6.23. The maximum absolute atomic E-state index is 16.4. The molecule has 60 heavy (non-hydrogen) atoms. The standard InChI is InChI=1S/C56H39N2OP/c1-3-4-23-46-37(2)60(59,41-17-6-5-7-18-41)54-35-32-39(38-30-33-40(34-31-38)57-50-26-12-8-19-42(50)43-20-9-13-27-51(43)57)36-49(54)56(46)47-24-11-15-29-53(47)58-52-28-14-10-21-44(52)45-22-16-25-48(56)55(45)58/h3-36H,1H2,2H3/b23-4-. The first-order chi connectivity index (χ1) is 29.5. The monoisotopic (exact) mass is 786 g/mol. The second kappa shape index (κ2) is 12.9. The van der Waals surface area contributed by atoms with Crippen LogP contribution in [0.15, 0.2) is 224 Å². The largest absolute Gasteiger partial charge is 0.309 e. The first-order valence-corrected chi connectivity index (χ1v) is 22.3. The zero-order valence-corrected chi connectivity index (χ0v) is 34.0. The van der Waals surface area contributed by atoms with E-state index in [1.807, 2.05) is 42.5 Å². The number of hydrogen-bond acceptors (Lipinski definition) is 1. The van der Waals surface area contributed by atoms with Gasteiger partial charge in [-0.05, 0) is 94.2 Å². The van der Waals surface area contributed by atoms with Crippen molar-refractivity contribution in [3.05, 3.63) is 240 Å². The highest BCUT2D eigenvalue weighted by atomic mass is 31.2. The van der Waals surface area contributed by atoms with Crippen molar-refractivity contribution in [1.82, 2.24) is 9.13 Å². The molecule has 3 nitrogen and oxygen atoms in total. The molecule has 0 amide bonds. The van der Waals surface area contributed by atoms with Crippen molar-refractivity contribution < 1.29 is 4.57 Å². The molecule has 0 fully saturated rings. The Balaban J connectivity index is 1.17. The number of aromatic nitrogens is 2. The summed E-state index contributed by atoms with van der Waals surface area (Å²) in [6, 6.07) is 67.3. The molecular formula is C56H39N2OP. The summed E-state index contributed by atoms with van der Waals surface area (Å²) >= 11 is 0. The first kappa shape index (κ1) is 34.8. The minimum absolute atomic E-state index is 0.805. The lowest BCUT2D eigenvalue weighted by Gasteiger charge is -2.48. The second-order valence-electron chi connectivity index (χ2n) is 16.0. The topological polar surface area (TPSA) is 26.9 Å². The van der Waals surface area contributed by atoms with Gasteiger partial charge in [-0.25, -0.2) is 0 Å². The highest BCUT2D eigenvalue weighted by molar-refractivity contribution is 7.82. The van der Waals surface area contributed by atoms with Crippen LogP contribution < -0.4 is 10.6 Å². The molecule has 2 unspecified atom stereocenters. The van der Waals surface area contributed by atoms with Gasteiger partial charge in [-0.3, -0.25) is 0 Å². The SMILES string of the molecule is C=C/C=C\C1=C(C)P(=O)(c2ccccc2)c2ccc(-c3ccc(-n4c5ccccc5c5ccccc54)cc3)cc2C12c1ccccc1-n1c3ccccc3c3cccc2c31. The van der Waals surface area contributed by atoms with Crippen molar-refractivity contribution in [2.75, 3.05) is 0 Å². The van der Waals surface area contributed by atoms with Crippen LogP contribution in [0, 0.1) is 0 Å². The minimum Gasteiger partial charge on any atom is -0.309 e. The van der Waals surface area contributed by atoms with Crippen LogP contribution in [0.3, 0.4) is 0 Å². The fraction of sp³-hybridized carbons (Fsp3) is 0.0357. The highest BCUT2D eigenvalue weighted by Gasteiger charge is 2.54. The molecule has 0 bridgehead atoms. The normalized spacial score (nSPS) is 18.2. The quantitative estimate of drug-likeness (QED) is 0.126. The van der Waals surface area contributed by atoms with Crippen LogP contribution in [-0.4, -0.2) is 9.13 Å². The molecule has 2 aliphatic heterocycles. The number of allylic oxidation sites excluding steroid dienone is 5. The average Bonchev–Trinajstić information content (AvgIpc) is 3.83. The Hall–Kier alpha value is -7.19. The summed E-state index contributed by atoms with van der Waals surface area (Å²) in [6.07, 6.45) is 6.03.